The molecule has 0 atom stereocenters. The minimum absolute atomic E-state index is 0.159. The van der Waals surface area contributed by atoms with Gasteiger partial charge in [0.2, 0.25) is 0 Å². The smallest absolute Gasteiger partial charge is 0.0443 e. The second-order valence-corrected chi connectivity index (χ2v) is 6.09. The van der Waals surface area contributed by atoms with Crippen LogP contribution in [-0.2, 0) is 5.41 Å². The summed E-state index contributed by atoms with van der Waals surface area (Å²) in [7, 11) is 0. The van der Waals surface area contributed by atoms with E-state index >= 15 is 0 Å². The van der Waals surface area contributed by atoms with Gasteiger partial charge < -0.3 is 10.4 Å². The maximum Gasteiger partial charge on any atom is 0.0443 e. The molecule has 1 heterocycles. The summed E-state index contributed by atoms with van der Waals surface area (Å²) >= 11 is 5.26. The van der Waals surface area contributed by atoms with E-state index in [4.69, 9.17) is 5.11 Å². The Morgan fingerprint density at radius 3 is 2.80 bits per heavy atom. The predicted octanol–water partition coefficient (Wildman–Crippen LogP) is 2.76. The molecule has 86 valence electrons. The maximum atomic E-state index is 8.67. The first-order valence-electron chi connectivity index (χ1n) is 5.12. The van der Waals surface area contributed by atoms with Crippen molar-refractivity contribution in [3.05, 3.63) is 20.8 Å². The second-order valence-electron chi connectivity index (χ2n) is 4.27. The Morgan fingerprint density at radius 1 is 1.53 bits per heavy atom. The molecule has 1 aromatic rings. The molecule has 0 amide bonds. The zero-order valence-electron chi connectivity index (χ0n) is 9.22. The molecule has 0 aliphatic carbocycles. The maximum absolute atomic E-state index is 8.67. The van der Waals surface area contributed by atoms with E-state index in [9.17, 15) is 0 Å². The van der Waals surface area contributed by atoms with E-state index in [0.717, 1.165) is 24.0 Å². The molecule has 0 bridgehead atoms. The lowest BCUT2D eigenvalue weighted by molar-refractivity contribution is 0.284. The van der Waals surface area contributed by atoms with Gasteiger partial charge in [0.1, 0.15) is 0 Å². The highest BCUT2D eigenvalue weighted by atomic mass is 79.9. The first-order valence-corrected chi connectivity index (χ1v) is 6.79. The first-order chi connectivity index (χ1) is 7.06. The van der Waals surface area contributed by atoms with Crippen LogP contribution >= 0.6 is 27.3 Å². The van der Waals surface area contributed by atoms with Crippen molar-refractivity contribution >= 4 is 27.3 Å². The minimum atomic E-state index is 0.159. The summed E-state index contributed by atoms with van der Waals surface area (Å²) in [6.07, 6.45) is 0.824. The molecule has 0 aliphatic rings. The summed E-state index contributed by atoms with van der Waals surface area (Å²) in [6, 6.07) is 2.18. The van der Waals surface area contributed by atoms with Crippen LogP contribution in [0.25, 0.3) is 0 Å². The van der Waals surface area contributed by atoms with E-state index in [1.807, 2.05) is 0 Å². The molecule has 0 aromatic carbocycles. The third-order valence-corrected chi connectivity index (χ3v) is 4.37. The van der Waals surface area contributed by atoms with Gasteiger partial charge in [-0.1, -0.05) is 13.8 Å². The number of halogens is 1. The Hall–Kier alpha value is 0.1000. The fourth-order valence-corrected chi connectivity index (χ4v) is 2.91. The monoisotopic (exact) mass is 291 g/mol. The van der Waals surface area contributed by atoms with Gasteiger partial charge >= 0.3 is 0 Å². The molecule has 0 saturated heterocycles. The van der Waals surface area contributed by atoms with Crippen LogP contribution in [0.3, 0.4) is 0 Å². The second kappa shape index (κ2) is 5.99. The van der Waals surface area contributed by atoms with Gasteiger partial charge in [0.15, 0.2) is 0 Å². The van der Waals surface area contributed by atoms with Crippen molar-refractivity contribution in [3.8, 4) is 0 Å². The van der Waals surface area contributed by atoms with Gasteiger partial charge in [-0.3, -0.25) is 0 Å². The molecule has 0 unspecified atom stereocenters. The molecular formula is C11H18BrNOS. The Bertz CT molecular complexity index is 299. The Balaban J connectivity index is 2.44. The number of aliphatic hydroxyl groups excluding tert-OH is 1. The lowest BCUT2D eigenvalue weighted by Crippen LogP contribution is -2.33. The van der Waals surface area contributed by atoms with Crippen LogP contribution in [0.1, 0.15) is 25.1 Å². The van der Waals surface area contributed by atoms with Crippen LogP contribution < -0.4 is 5.32 Å². The van der Waals surface area contributed by atoms with Crippen molar-refractivity contribution in [1.82, 2.24) is 5.32 Å². The fourth-order valence-electron chi connectivity index (χ4n) is 1.36. The average molecular weight is 292 g/mol. The lowest BCUT2D eigenvalue weighted by Gasteiger charge is -2.23. The SMILES string of the molecule is CC(C)(CNCCCO)c1cc(Br)cs1. The van der Waals surface area contributed by atoms with E-state index in [-0.39, 0.29) is 12.0 Å². The summed E-state index contributed by atoms with van der Waals surface area (Å²) in [5, 5.41) is 14.2. The van der Waals surface area contributed by atoms with E-state index in [1.54, 1.807) is 11.3 Å². The highest BCUT2D eigenvalue weighted by molar-refractivity contribution is 9.10. The number of hydrogen-bond acceptors (Lipinski definition) is 3. The summed E-state index contributed by atoms with van der Waals surface area (Å²) in [6.45, 7) is 6.55. The van der Waals surface area contributed by atoms with Crippen LogP contribution in [0.15, 0.2) is 15.9 Å². The molecular weight excluding hydrogens is 274 g/mol. The summed E-state index contributed by atoms with van der Waals surface area (Å²) in [5.41, 5.74) is 0.159. The third kappa shape index (κ3) is 4.23. The number of hydrogen-bond donors (Lipinski definition) is 2. The van der Waals surface area contributed by atoms with Crippen molar-refractivity contribution in [2.75, 3.05) is 19.7 Å². The van der Waals surface area contributed by atoms with Crippen molar-refractivity contribution in [2.24, 2.45) is 0 Å². The largest absolute Gasteiger partial charge is 0.396 e. The molecule has 0 spiro atoms. The normalized spacial score (nSPS) is 12.0. The summed E-state index contributed by atoms with van der Waals surface area (Å²) in [5.74, 6) is 0. The molecule has 0 fully saturated rings. The zero-order valence-corrected chi connectivity index (χ0v) is 11.6. The van der Waals surface area contributed by atoms with Crippen molar-refractivity contribution < 1.29 is 5.11 Å². The molecule has 0 saturated carbocycles. The lowest BCUT2D eigenvalue weighted by atomic mass is 9.91. The van der Waals surface area contributed by atoms with Gasteiger partial charge in [-0.25, -0.2) is 0 Å². The van der Waals surface area contributed by atoms with Crippen molar-refractivity contribution in [3.63, 3.8) is 0 Å². The van der Waals surface area contributed by atoms with Gasteiger partial charge in [-0.2, -0.15) is 0 Å². The Kier molecular flexibility index (Phi) is 5.26. The van der Waals surface area contributed by atoms with Gasteiger partial charge in [0.05, 0.1) is 0 Å². The zero-order chi connectivity index (χ0) is 11.3. The van der Waals surface area contributed by atoms with Crippen LogP contribution in [0, 0.1) is 0 Å². The molecule has 0 aliphatic heterocycles. The highest BCUT2D eigenvalue weighted by Crippen LogP contribution is 2.30. The number of nitrogens with one attached hydrogen (secondary N) is 1. The number of aliphatic hydroxyl groups is 1. The van der Waals surface area contributed by atoms with Crippen LogP contribution in [0.5, 0.6) is 0 Å². The van der Waals surface area contributed by atoms with Crippen molar-refractivity contribution in [2.45, 2.75) is 25.7 Å². The average Bonchev–Trinajstić information content (AvgIpc) is 2.60. The van der Waals surface area contributed by atoms with Crippen LogP contribution in [-0.4, -0.2) is 24.8 Å². The number of thiophene rings is 1. The third-order valence-electron chi connectivity index (χ3n) is 2.31. The molecule has 1 aromatic heterocycles. The summed E-state index contributed by atoms with van der Waals surface area (Å²) < 4.78 is 1.16. The highest BCUT2D eigenvalue weighted by Gasteiger charge is 2.21. The Morgan fingerprint density at radius 2 is 2.27 bits per heavy atom. The molecule has 15 heavy (non-hydrogen) atoms. The molecule has 1 rings (SSSR count). The topological polar surface area (TPSA) is 32.3 Å². The van der Waals surface area contributed by atoms with E-state index in [2.05, 4.69) is 46.5 Å². The van der Waals surface area contributed by atoms with Gasteiger partial charge in [-0.15, -0.1) is 11.3 Å². The molecule has 4 heteroatoms. The first kappa shape index (κ1) is 13.2. The van der Waals surface area contributed by atoms with Gasteiger partial charge in [0.25, 0.3) is 0 Å². The van der Waals surface area contributed by atoms with E-state index in [1.165, 1.54) is 4.88 Å². The quantitative estimate of drug-likeness (QED) is 0.790. The number of rotatable bonds is 6. The molecule has 2 nitrogen and oxygen atoms in total. The minimum Gasteiger partial charge on any atom is -0.396 e. The van der Waals surface area contributed by atoms with Crippen LogP contribution in [0.4, 0.5) is 0 Å². The van der Waals surface area contributed by atoms with Gasteiger partial charge in [0, 0.05) is 33.3 Å². The molecule has 2 N–H and O–H groups in total. The Labute approximate surface area is 104 Å². The van der Waals surface area contributed by atoms with E-state index in [0.29, 0.717) is 0 Å². The van der Waals surface area contributed by atoms with Crippen molar-refractivity contribution in [1.29, 1.82) is 0 Å². The van der Waals surface area contributed by atoms with Crippen LogP contribution in [0.2, 0.25) is 0 Å². The summed E-state index contributed by atoms with van der Waals surface area (Å²) in [4.78, 5) is 1.38. The molecule has 0 radical (unpaired) electrons. The van der Waals surface area contributed by atoms with Gasteiger partial charge in [-0.05, 0) is 35.0 Å². The fraction of sp³-hybridized carbons (Fsp3) is 0.636. The predicted molar refractivity (Wildman–Crippen MR) is 69.6 cm³/mol. The van der Waals surface area contributed by atoms with E-state index < -0.39 is 0 Å². The standard InChI is InChI=1S/C11H18BrNOS/c1-11(2,8-13-4-3-5-14)10-6-9(12)7-15-10/h6-7,13-14H,3-5,8H2,1-2H3.